The summed E-state index contributed by atoms with van der Waals surface area (Å²) in [6.45, 7) is 8.81. The molecule has 5 nitrogen and oxygen atoms in total. The van der Waals surface area contributed by atoms with E-state index in [2.05, 4.69) is 47.8 Å². The minimum Gasteiger partial charge on any atom is -0.460 e. The fourth-order valence-corrected chi connectivity index (χ4v) is 3.79. The number of alkyl carbamates (subject to hydrolysis) is 1. The largest absolute Gasteiger partial charge is 0.460 e. The zero-order valence-corrected chi connectivity index (χ0v) is 20.0. The molecule has 0 saturated heterocycles. The summed E-state index contributed by atoms with van der Waals surface area (Å²) in [5.41, 5.74) is 1.63. The third-order valence-corrected chi connectivity index (χ3v) is 5.45. The van der Waals surface area contributed by atoms with Crippen molar-refractivity contribution in [3.8, 4) is 0 Å². The van der Waals surface area contributed by atoms with E-state index in [1.54, 1.807) is 27.7 Å². The van der Waals surface area contributed by atoms with Crippen LogP contribution in [0.5, 0.6) is 0 Å². The molecule has 3 rings (SSSR count). The average Bonchev–Trinajstić information content (AvgIpc) is 2.76. The summed E-state index contributed by atoms with van der Waals surface area (Å²) in [7, 11) is 0. The molecule has 0 saturated carbocycles. The molecule has 0 unspecified atom stereocenters. The second kappa shape index (κ2) is 10.5. The molecule has 0 heterocycles. The number of esters is 1. The molecule has 0 radical (unpaired) electrons. The summed E-state index contributed by atoms with van der Waals surface area (Å²) in [4.78, 5) is 24.7. The maximum absolute atomic E-state index is 12.7. The van der Waals surface area contributed by atoms with Gasteiger partial charge in [-0.25, -0.2) is 9.59 Å². The molecule has 0 aromatic heterocycles. The number of ether oxygens (including phenoxy) is 2. The van der Waals surface area contributed by atoms with Gasteiger partial charge < -0.3 is 14.8 Å². The van der Waals surface area contributed by atoms with Gasteiger partial charge in [-0.3, -0.25) is 0 Å². The van der Waals surface area contributed by atoms with Crippen LogP contribution in [-0.2, 0) is 20.7 Å². The first-order valence-electron chi connectivity index (χ1n) is 11.3. The van der Waals surface area contributed by atoms with Gasteiger partial charge in [-0.15, -0.1) is 0 Å². The highest BCUT2D eigenvalue weighted by Gasteiger charge is 2.27. The smallest absolute Gasteiger partial charge is 0.408 e. The maximum Gasteiger partial charge on any atom is 0.408 e. The van der Waals surface area contributed by atoms with Gasteiger partial charge in [0.05, 0.1) is 0 Å². The van der Waals surface area contributed by atoms with Crippen LogP contribution in [-0.4, -0.2) is 29.8 Å². The van der Waals surface area contributed by atoms with Crippen molar-refractivity contribution in [2.75, 3.05) is 0 Å². The molecule has 5 heteroatoms. The van der Waals surface area contributed by atoms with Crippen LogP contribution < -0.4 is 5.32 Å². The first-order valence-corrected chi connectivity index (χ1v) is 11.3. The number of hydrogen-bond acceptors (Lipinski definition) is 4. The Morgan fingerprint density at radius 2 is 1.52 bits per heavy atom. The van der Waals surface area contributed by atoms with Gasteiger partial charge >= 0.3 is 12.1 Å². The van der Waals surface area contributed by atoms with Gasteiger partial charge in [0.1, 0.15) is 17.7 Å². The van der Waals surface area contributed by atoms with Gasteiger partial charge in [0.15, 0.2) is 0 Å². The highest BCUT2D eigenvalue weighted by Crippen LogP contribution is 2.28. The van der Waals surface area contributed by atoms with Crippen LogP contribution in [0.2, 0.25) is 0 Å². The van der Waals surface area contributed by atoms with Gasteiger partial charge in [-0.1, -0.05) is 72.8 Å². The van der Waals surface area contributed by atoms with Gasteiger partial charge in [-0.2, -0.15) is 0 Å². The lowest BCUT2D eigenvalue weighted by Gasteiger charge is -2.27. The van der Waals surface area contributed by atoms with Crippen molar-refractivity contribution in [3.05, 3.63) is 83.9 Å². The Bertz CT molecular complexity index is 1090. The summed E-state index contributed by atoms with van der Waals surface area (Å²) >= 11 is 0. The molecule has 0 aliphatic rings. The molecule has 3 aromatic rings. The van der Waals surface area contributed by atoms with Gasteiger partial charge in [-0.05, 0) is 62.9 Å². The van der Waals surface area contributed by atoms with Crippen molar-refractivity contribution in [2.24, 2.45) is 0 Å². The lowest BCUT2D eigenvalue weighted by molar-refractivity contribution is -0.151. The van der Waals surface area contributed by atoms with Crippen molar-refractivity contribution >= 4 is 22.8 Å². The predicted molar refractivity (Wildman–Crippen MR) is 131 cm³/mol. The Morgan fingerprint density at radius 1 is 0.879 bits per heavy atom. The molecule has 3 atom stereocenters. The van der Waals surface area contributed by atoms with E-state index in [1.165, 1.54) is 16.3 Å². The van der Waals surface area contributed by atoms with Gasteiger partial charge in [0.2, 0.25) is 0 Å². The van der Waals surface area contributed by atoms with E-state index >= 15 is 0 Å². The van der Waals surface area contributed by atoms with Crippen LogP contribution in [0.1, 0.15) is 51.7 Å². The third-order valence-electron chi connectivity index (χ3n) is 5.45. The number of nitrogens with one attached hydrogen (secondary N) is 1. The number of benzene rings is 3. The summed E-state index contributed by atoms with van der Waals surface area (Å²) in [6, 6.07) is 23.9. The van der Waals surface area contributed by atoms with E-state index in [-0.39, 0.29) is 5.92 Å². The molecule has 1 amide bonds. The number of rotatable bonds is 7. The fourth-order valence-electron chi connectivity index (χ4n) is 3.79. The Kier molecular flexibility index (Phi) is 7.75. The summed E-state index contributed by atoms with van der Waals surface area (Å²) in [5, 5.41) is 4.93. The van der Waals surface area contributed by atoms with Gasteiger partial charge in [0.25, 0.3) is 0 Å². The Morgan fingerprint density at radius 3 is 2.18 bits per heavy atom. The number of amides is 1. The topological polar surface area (TPSA) is 64.6 Å². The highest BCUT2D eigenvalue weighted by molar-refractivity contribution is 5.83. The van der Waals surface area contributed by atoms with Crippen LogP contribution in [0, 0.1) is 0 Å². The van der Waals surface area contributed by atoms with E-state index in [0.717, 1.165) is 12.0 Å². The minimum atomic E-state index is -0.820. The fraction of sp³-hybridized carbons (Fsp3) is 0.357. The second-order valence-corrected chi connectivity index (χ2v) is 9.41. The lowest BCUT2D eigenvalue weighted by atomic mass is 9.87. The molecule has 0 aliphatic heterocycles. The zero-order chi connectivity index (χ0) is 24.0. The molecule has 3 aromatic carbocycles. The molecule has 1 N–H and O–H groups in total. The first-order chi connectivity index (χ1) is 15.6. The molecule has 0 spiro atoms. The molecular weight excluding hydrogens is 414 g/mol. The predicted octanol–water partition coefficient (Wildman–Crippen LogP) is 6.01. The molecule has 0 bridgehead atoms. The SMILES string of the molecule is C[C@H](NC(=O)OC(C)(C)C)C(=O)O[C@@H](C)[C@H](Cc1ccc2ccccc2c1)c1ccccc1. The number of carbonyl (C=O) groups excluding carboxylic acids is 2. The Hall–Kier alpha value is -3.34. The summed E-state index contributed by atoms with van der Waals surface area (Å²) in [5.74, 6) is -0.530. The van der Waals surface area contributed by atoms with E-state index in [4.69, 9.17) is 9.47 Å². The maximum atomic E-state index is 12.7. The Balaban J connectivity index is 1.73. The van der Waals surface area contributed by atoms with Crippen LogP contribution in [0.4, 0.5) is 4.79 Å². The number of hydrogen-bond donors (Lipinski definition) is 1. The van der Waals surface area contributed by atoms with E-state index < -0.39 is 29.8 Å². The molecule has 33 heavy (non-hydrogen) atoms. The van der Waals surface area contributed by atoms with Crippen molar-refractivity contribution in [1.29, 1.82) is 0 Å². The number of fused-ring (bicyclic) bond motifs is 1. The van der Waals surface area contributed by atoms with Crippen LogP contribution >= 0.6 is 0 Å². The third kappa shape index (κ3) is 7.07. The average molecular weight is 448 g/mol. The highest BCUT2D eigenvalue weighted by atomic mass is 16.6. The lowest BCUT2D eigenvalue weighted by Crippen LogP contribution is -2.43. The number of carbonyl (C=O) groups is 2. The monoisotopic (exact) mass is 447 g/mol. The summed E-state index contributed by atoms with van der Waals surface area (Å²) < 4.78 is 11.0. The first kappa shape index (κ1) is 24.3. The van der Waals surface area contributed by atoms with Crippen molar-refractivity contribution in [2.45, 2.75) is 64.7 Å². The van der Waals surface area contributed by atoms with Crippen LogP contribution in [0.15, 0.2) is 72.8 Å². The second-order valence-electron chi connectivity index (χ2n) is 9.41. The van der Waals surface area contributed by atoms with Crippen LogP contribution in [0.25, 0.3) is 10.8 Å². The van der Waals surface area contributed by atoms with Crippen molar-refractivity contribution < 1.29 is 19.1 Å². The zero-order valence-electron chi connectivity index (χ0n) is 20.0. The molecule has 0 aliphatic carbocycles. The Labute approximate surface area is 196 Å². The van der Waals surface area contributed by atoms with Crippen molar-refractivity contribution in [1.82, 2.24) is 5.32 Å². The van der Waals surface area contributed by atoms with Crippen LogP contribution in [0.3, 0.4) is 0 Å². The van der Waals surface area contributed by atoms with Gasteiger partial charge in [0, 0.05) is 5.92 Å². The quantitative estimate of drug-likeness (QED) is 0.451. The molecule has 0 fully saturated rings. The summed E-state index contributed by atoms with van der Waals surface area (Å²) in [6.07, 6.45) is -0.318. The molecular formula is C28H33NO4. The van der Waals surface area contributed by atoms with E-state index in [0.29, 0.717) is 0 Å². The standard InChI is InChI=1S/C28H33NO4/c1-19(29-27(31)33-28(3,4)5)26(30)32-20(2)25(23-12-7-6-8-13-23)18-21-15-16-22-11-9-10-14-24(22)17-21/h6-17,19-20,25H,18H2,1-5H3,(H,29,31)/t19-,20-,25-/m0/s1. The minimum absolute atomic E-state index is 0.0370. The molecule has 174 valence electrons. The van der Waals surface area contributed by atoms with E-state index in [9.17, 15) is 9.59 Å². The van der Waals surface area contributed by atoms with E-state index in [1.807, 2.05) is 37.3 Å². The van der Waals surface area contributed by atoms with Crippen molar-refractivity contribution in [3.63, 3.8) is 0 Å². The normalized spacial score (nSPS) is 14.2.